The van der Waals surface area contributed by atoms with Crippen LogP contribution in [0.2, 0.25) is 0 Å². The van der Waals surface area contributed by atoms with Crippen LogP contribution in [0.15, 0.2) is 66.7 Å². The van der Waals surface area contributed by atoms with Crippen molar-refractivity contribution < 1.29 is 0 Å². The highest BCUT2D eigenvalue weighted by molar-refractivity contribution is 5.96. The number of fused-ring (bicyclic) bond motifs is 3. The maximum absolute atomic E-state index is 5.90. The fourth-order valence-corrected chi connectivity index (χ4v) is 3.89. The maximum atomic E-state index is 5.90. The Balaban J connectivity index is 1.74. The van der Waals surface area contributed by atoms with Gasteiger partial charge in [-0.2, -0.15) is 5.10 Å². The van der Waals surface area contributed by atoms with E-state index < -0.39 is 0 Å². The Morgan fingerprint density at radius 1 is 0.846 bits per heavy atom. The van der Waals surface area contributed by atoms with Crippen LogP contribution in [-0.4, -0.2) is 10.2 Å². The highest BCUT2D eigenvalue weighted by Crippen LogP contribution is 2.35. The van der Waals surface area contributed by atoms with Gasteiger partial charge in [0, 0.05) is 5.39 Å². The number of nitrogens with two attached hydrogens (primary N) is 1. The van der Waals surface area contributed by atoms with Gasteiger partial charge in [0.25, 0.3) is 0 Å². The largest absolute Gasteiger partial charge is 0.382 e. The first kappa shape index (κ1) is 15.0. The summed E-state index contributed by atoms with van der Waals surface area (Å²) < 4.78 is 0. The molecule has 3 N–H and O–H groups in total. The lowest BCUT2D eigenvalue weighted by Crippen LogP contribution is -1.92. The molecule has 0 amide bonds. The van der Waals surface area contributed by atoms with Gasteiger partial charge in [0.05, 0.1) is 5.52 Å². The quantitative estimate of drug-likeness (QED) is 0.522. The number of H-pyrrole nitrogens is 1. The minimum atomic E-state index is 0.546. The molecule has 1 aliphatic carbocycles. The lowest BCUT2D eigenvalue weighted by atomic mass is 9.92. The molecule has 0 aliphatic heterocycles. The highest BCUT2D eigenvalue weighted by Gasteiger charge is 2.17. The SMILES string of the molecule is Nc1n[nH]c2cc(C=C3c4ccccc4CCc4ccccc43)ccc12. The summed E-state index contributed by atoms with van der Waals surface area (Å²) in [5.41, 5.74) is 14.7. The van der Waals surface area contributed by atoms with E-state index in [2.05, 4.69) is 76.9 Å². The molecule has 3 heteroatoms. The van der Waals surface area contributed by atoms with Crippen LogP contribution in [0.25, 0.3) is 22.6 Å². The molecule has 4 aromatic rings. The number of hydrogen-bond acceptors (Lipinski definition) is 2. The van der Waals surface area contributed by atoms with Crippen LogP contribution >= 0.6 is 0 Å². The molecule has 126 valence electrons. The van der Waals surface area contributed by atoms with Gasteiger partial charge in [-0.1, -0.05) is 54.6 Å². The number of aromatic amines is 1. The van der Waals surface area contributed by atoms with E-state index >= 15 is 0 Å². The van der Waals surface area contributed by atoms with Crippen LogP contribution in [0.1, 0.15) is 27.8 Å². The zero-order valence-electron chi connectivity index (χ0n) is 14.4. The molecule has 0 saturated carbocycles. The van der Waals surface area contributed by atoms with Crippen LogP contribution in [0.5, 0.6) is 0 Å². The molecule has 0 atom stereocenters. The molecular formula is C23H19N3. The number of aryl methyl sites for hydroxylation is 2. The maximum Gasteiger partial charge on any atom is 0.153 e. The van der Waals surface area contributed by atoms with Crippen molar-refractivity contribution in [1.29, 1.82) is 0 Å². The summed E-state index contributed by atoms with van der Waals surface area (Å²) in [6, 6.07) is 23.7. The minimum Gasteiger partial charge on any atom is -0.382 e. The van der Waals surface area contributed by atoms with E-state index in [4.69, 9.17) is 5.73 Å². The minimum absolute atomic E-state index is 0.546. The predicted octanol–water partition coefficient (Wildman–Crippen LogP) is 4.83. The Hall–Kier alpha value is -3.33. The van der Waals surface area contributed by atoms with Gasteiger partial charge in [0.15, 0.2) is 5.82 Å². The molecule has 3 nitrogen and oxygen atoms in total. The summed E-state index contributed by atoms with van der Waals surface area (Å²) in [6.45, 7) is 0. The molecule has 3 aromatic carbocycles. The van der Waals surface area contributed by atoms with Crippen molar-refractivity contribution in [2.75, 3.05) is 5.73 Å². The average molecular weight is 337 g/mol. The first-order valence-electron chi connectivity index (χ1n) is 8.91. The molecular weight excluding hydrogens is 318 g/mol. The first-order chi connectivity index (χ1) is 12.8. The van der Waals surface area contributed by atoms with Crippen molar-refractivity contribution in [2.24, 2.45) is 0 Å². The van der Waals surface area contributed by atoms with Gasteiger partial charge < -0.3 is 5.73 Å². The lowest BCUT2D eigenvalue weighted by molar-refractivity contribution is 0.965. The fraction of sp³-hybridized carbons (Fsp3) is 0.0870. The van der Waals surface area contributed by atoms with Gasteiger partial charge in [-0.25, -0.2) is 0 Å². The Morgan fingerprint density at radius 2 is 1.50 bits per heavy atom. The molecule has 1 aromatic heterocycles. The number of nitrogens with one attached hydrogen (secondary N) is 1. The van der Waals surface area contributed by atoms with Crippen molar-refractivity contribution in [1.82, 2.24) is 10.2 Å². The number of benzene rings is 3. The average Bonchev–Trinajstić information content (AvgIpc) is 2.97. The van der Waals surface area contributed by atoms with Crippen molar-refractivity contribution in [2.45, 2.75) is 12.8 Å². The van der Waals surface area contributed by atoms with Gasteiger partial charge in [-0.15, -0.1) is 0 Å². The number of nitrogens with zero attached hydrogens (tertiary/aromatic N) is 1. The Kier molecular flexibility index (Phi) is 3.39. The predicted molar refractivity (Wildman–Crippen MR) is 108 cm³/mol. The smallest absolute Gasteiger partial charge is 0.153 e. The van der Waals surface area contributed by atoms with Gasteiger partial charge in [-0.05, 0) is 64.4 Å². The van der Waals surface area contributed by atoms with E-state index in [1.165, 1.54) is 27.8 Å². The van der Waals surface area contributed by atoms with E-state index in [1.54, 1.807) is 0 Å². The van der Waals surface area contributed by atoms with E-state index in [0.717, 1.165) is 29.3 Å². The van der Waals surface area contributed by atoms with E-state index in [0.29, 0.717) is 5.82 Å². The zero-order valence-corrected chi connectivity index (χ0v) is 14.4. The van der Waals surface area contributed by atoms with Gasteiger partial charge in [0.2, 0.25) is 0 Å². The molecule has 0 unspecified atom stereocenters. The lowest BCUT2D eigenvalue weighted by Gasteiger charge is -2.12. The van der Waals surface area contributed by atoms with Crippen LogP contribution < -0.4 is 5.73 Å². The van der Waals surface area contributed by atoms with Crippen molar-refractivity contribution >= 4 is 28.4 Å². The number of nitrogen functional groups attached to an aromatic ring is 1. The summed E-state index contributed by atoms with van der Waals surface area (Å²) in [5, 5.41) is 8.08. The second-order valence-electron chi connectivity index (χ2n) is 6.79. The Labute approximate surface area is 152 Å². The summed E-state index contributed by atoms with van der Waals surface area (Å²) in [4.78, 5) is 0. The molecule has 0 saturated heterocycles. The zero-order chi connectivity index (χ0) is 17.5. The molecule has 5 rings (SSSR count). The van der Waals surface area contributed by atoms with Crippen molar-refractivity contribution in [3.63, 3.8) is 0 Å². The van der Waals surface area contributed by atoms with E-state index in [9.17, 15) is 0 Å². The summed E-state index contributed by atoms with van der Waals surface area (Å²) in [7, 11) is 0. The third-order valence-electron chi connectivity index (χ3n) is 5.21. The van der Waals surface area contributed by atoms with Crippen LogP contribution in [0, 0.1) is 0 Å². The van der Waals surface area contributed by atoms with Crippen molar-refractivity contribution in [3.8, 4) is 0 Å². The third-order valence-corrected chi connectivity index (χ3v) is 5.21. The molecule has 0 spiro atoms. The summed E-state index contributed by atoms with van der Waals surface area (Å²) in [5.74, 6) is 0.546. The number of anilines is 1. The van der Waals surface area contributed by atoms with Gasteiger partial charge in [0.1, 0.15) is 0 Å². The standard InChI is InChI=1S/C23H19N3/c24-23-20-12-9-15(14-22(20)25-26-23)13-21-18-7-3-1-5-16(18)10-11-17-6-2-4-8-19(17)21/h1-9,12-14H,10-11H2,(H3,24,25,26). The first-order valence-corrected chi connectivity index (χ1v) is 8.91. The summed E-state index contributed by atoms with van der Waals surface area (Å²) in [6.07, 6.45) is 4.42. The van der Waals surface area contributed by atoms with Gasteiger partial charge >= 0.3 is 0 Å². The number of rotatable bonds is 1. The normalized spacial score (nSPS) is 13.2. The van der Waals surface area contributed by atoms with Crippen LogP contribution in [0.3, 0.4) is 0 Å². The second kappa shape index (κ2) is 5.88. The molecule has 0 fully saturated rings. The fourth-order valence-electron chi connectivity index (χ4n) is 3.89. The Morgan fingerprint density at radius 3 is 2.19 bits per heavy atom. The Bertz CT molecular complexity index is 1100. The van der Waals surface area contributed by atoms with Crippen LogP contribution in [-0.2, 0) is 12.8 Å². The van der Waals surface area contributed by atoms with E-state index in [-0.39, 0.29) is 0 Å². The van der Waals surface area contributed by atoms with Gasteiger partial charge in [-0.3, -0.25) is 5.10 Å². The number of aromatic nitrogens is 2. The second-order valence-corrected chi connectivity index (χ2v) is 6.79. The monoisotopic (exact) mass is 337 g/mol. The van der Waals surface area contributed by atoms with E-state index in [1.807, 2.05) is 6.07 Å². The molecule has 1 aliphatic rings. The highest BCUT2D eigenvalue weighted by atomic mass is 15.1. The number of hydrogen-bond donors (Lipinski definition) is 2. The topological polar surface area (TPSA) is 54.7 Å². The third kappa shape index (κ3) is 2.40. The molecule has 0 bridgehead atoms. The molecule has 26 heavy (non-hydrogen) atoms. The molecule has 0 radical (unpaired) electrons. The van der Waals surface area contributed by atoms with Crippen LogP contribution in [0.4, 0.5) is 5.82 Å². The molecule has 1 heterocycles. The van der Waals surface area contributed by atoms with Crippen molar-refractivity contribution in [3.05, 3.63) is 94.5 Å². The summed E-state index contributed by atoms with van der Waals surface area (Å²) >= 11 is 0.